The Morgan fingerprint density at radius 2 is 1.81 bits per heavy atom. The van der Waals surface area contributed by atoms with Crippen LogP contribution in [0.3, 0.4) is 0 Å². The molecule has 2 unspecified atom stereocenters. The van der Waals surface area contributed by atoms with E-state index in [1.165, 1.54) is 43.3 Å². The maximum absolute atomic E-state index is 12.6. The van der Waals surface area contributed by atoms with E-state index in [4.69, 9.17) is 23.2 Å². The van der Waals surface area contributed by atoms with Gasteiger partial charge < -0.3 is 15.5 Å². The van der Waals surface area contributed by atoms with E-state index < -0.39 is 27.8 Å². The van der Waals surface area contributed by atoms with Crippen molar-refractivity contribution in [1.29, 1.82) is 0 Å². The topological polar surface area (TPSA) is 104 Å². The van der Waals surface area contributed by atoms with E-state index in [0.29, 0.717) is 5.56 Å². The van der Waals surface area contributed by atoms with E-state index in [9.17, 15) is 23.4 Å². The van der Waals surface area contributed by atoms with Crippen LogP contribution < -0.4 is 5.32 Å². The molecule has 0 aliphatic rings. The lowest BCUT2D eigenvalue weighted by Crippen LogP contribution is -2.33. The zero-order valence-corrected chi connectivity index (χ0v) is 16.9. The van der Waals surface area contributed by atoms with Crippen LogP contribution in [0, 0.1) is 5.92 Å². The Kier molecular flexibility index (Phi) is 6.75. The molecule has 2 aromatic carbocycles. The fourth-order valence-electron chi connectivity index (χ4n) is 2.48. The highest BCUT2D eigenvalue weighted by Crippen LogP contribution is 2.28. The minimum atomic E-state index is -3.40. The first-order chi connectivity index (χ1) is 12.5. The second-order valence-electron chi connectivity index (χ2n) is 6.23. The lowest BCUT2D eigenvalue weighted by molar-refractivity contribution is -0.122. The third kappa shape index (κ3) is 5.59. The van der Waals surface area contributed by atoms with Gasteiger partial charge in [0.05, 0.1) is 27.6 Å². The van der Waals surface area contributed by atoms with Gasteiger partial charge in [-0.15, -0.1) is 0 Å². The Labute approximate surface area is 167 Å². The summed E-state index contributed by atoms with van der Waals surface area (Å²) >= 11 is 12.2. The van der Waals surface area contributed by atoms with Crippen molar-refractivity contribution in [2.24, 2.45) is 5.92 Å². The van der Waals surface area contributed by atoms with Crippen molar-refractivity contribution in [3.8, 4) is 5.75 Å². The molecule has 2 rings (SSSR count). The van der Waals surface area contributed by atoms with Crippen LogP contribution in [0.5, 0.6) is 5.75 Å². The van der Waals surface area contributed by atoms with Gasteiger partial charge in [0.1, 0.15) is 5.75 Å². The van der Waals surface area contributed by atoms with Crippen molar-refractivity contribution >= 4 is 44.6 Å². The van der Waals surface area contributed by atoms with Gasteiger partial charge in [0.15, 0.2) is 9.84 Å². The van der Waals surface area contributed by atoms with Crippen LogP contribution in [-0.4, -0.2) is 36.9 Å². The van der Waals surface area contributed by atoms with Gasteiger partial charge in [-0.05, 0) is 43.2 Å². The van der Waals surface area contributed by atoms with Crippen molar-refractivity contribution in [2.75, 3.05) is 11.6 Å². The van der Waals surface area contributed by atoms with Crippen molar-refractivity contribution in [1.82, 2.24) is 0 Å². The first kappa shape index (κ1) is 21.5. The second-order valence-corrected chi connectivity index (χ2v) is 9.06. The molecule has 3 N–H and O–H groups in total. The highest BCUT2D eigenvalue weighted by molar-refractivity contribution is 7.90. The molecule has 27 heavy (non-hydrogen) atoms. The summed E-state index contributed by atoms with van der Waals surface area (Å²) in [6.45, 7) is 1.47. The summed E-state index contributed by atoms with van der Waals surface area (Å²) in [5.74, 6) is -1.45. The minimum Gasteiger partial charge on any atom is -0.508 e. The molecule has 0 aliphatic carbocycles. The summed E-state index contributed by atoms with van der Waals surface area (Å²) in [5, 5.41) is 22.6. The molecular weight excluding hydrogens is 413 g/mol. The van der Waals surface area contributed by atoms with Gasteiger partial charge in [0.25, 0.3) is 0 Å². The molecule has 0 aliphatic heterocycles. The number of hydrogen-bond donors (Lipinski definition) is 3. The molecule has 0 fully saturated rings. The lowest BCUT2D eigenvalue weighted by atomic mass is 9.93. The third-order valence-corrected chi connectivity index (χ3v) is 5.81. The van der Waals surface area contributed by atoms with Gasteiger partial charge in [0, 0.05) is 17.3 Å². The molecule has 0 heterocycles. The quantitative estimate of drug-likeness (QED) is 0.650. The standard InChI is InChI=1S/C18H19Cl2NO5S/c1-10(22)14(18(24)21-17-8-12(23)4-6-15(17)19)7-11-3-5-13(9-16(11)20)27(2,25)26/h3-6,8-10,14,22-23H,7H2,1-2H3,(H,21,24). The van der Waals surface area contributed by atoms with Gasteiger partial charge in [0.2, 0.25) is 5.91 Å². The number of aliphatic hydroxyl groups is 1. The summed E-state index contributed by atoms with van der Waals surface area (Å²) in [5.41, 5.74) is 0.734. The number of benzene rings is 2. The number of anilines is 1. The summed E-state index contributed by atoms with van der Waals surface area (Å²) < 4.78 is 23.2. The molecular formula is C18H19Cl2NO5S. The van der Waals surface area contributed by atoms with Gasteiger partial charge >= 0.3 is 0 Å². The number of nitrogens with one attached hydrogen (secondary N) is 1. The first-order valence-electron chi connectivity index (χ1n) is 7.95. The normalized spacial score (nSPS) is 13.8. The minimum absolute atomic E-state index is 0.0669. The average molecular weight is 432 g/mol. The Morgan fingerprint density at radius 3 is 2.37 bits per heavy atom. The smallest absolute Gasteiger partial charge is 0.230 e. The summed E-state index contributed by atoms with van der Waals surface area (Å²) in [4.78, 5) is 12.7. The highest BCUT2D eigenvalue weighted by atomic mass is 35.5. The van der Waals surface area contributed by atoms with Crippen molar-refractivity contribution < 1.29 is 23.4 Å². The number of hydrogen-bond acceptors (Lipinski definition) is 5. The van der Waals surface area contributed by atoms with E-state index in [1.54, 1.807) is 0 Å². The number of halogens is 2. The number of phenols is 1. The van der Waals surface area contributed by atoms with Gasteiger partial charge in [-0.25, -0.2) is 8.42 Å². The van der Waals surface area contributed by atoms with Crippen LogP contribution >= 0.6 is 23.2 Å². The monoisotopic (exact) mass is 431 g/mol. The molecule has 0 spiro atoms. The molecule has 0 radical (unpaired) electrons. The Hall–Kier alpha value is -1.80. The maximum atomic E-state index is 12.6. The highest BCUT2D eigenvalue weighted by Gasteiger charge is 2.26. The zero-order valence-electron chi connectivity index (χ0n) is 14.6. The summed E-state index contributed by atoms with van der Waals surface area (Å²) in [6.07, 6.45) is 0.151. The SMILES string of the molecule is CC(O)C(Cc1ccc(S(C)(=O)=O)cc1Cl)C(=O)Nc1cc(O)ccc1Cl. The van der Waals surface area contributed by atoms with Gasteiger partial charge in [-0.3, -0.25) is 4.79 Å². The van der Waals surface area contributed by atoms with Crippen LogP contribution in [0.15, 0.2) is 41.3 Å². The van der Waals surface area contributed by atoms with Crippen LogP contribution in [0.1, 0.15) is 12.5 Å². The van der Waals surface area contributed by atoms with Crippen LogP contribution in [0.2, 0.25) is 10.0 Å². The average Bonchev–Trinajstić information content (AvgIpc) is 2.55. The lowest BCUT2D eigenvalue weighted by Gasteiger charge is -2.21. The Morgan fingerprint density at radius 1 is 1.15 bits per heavy atom. The molecule has 2 aromatic rings. The molecule has 6 nitrogen and oxygen atoms in total. The molecule has 2 atom stereocenters. The van der Waals surface area contributed by atoms with Gasteiger partial charge in [-0.2, -0.15) is 0 Å². The predicted molar refractivity (Wildman–Crippen MR) is 105 cm³/mol. The number of carbonyl (C=O) groups excluding carboxylic acids is 1. The number of phenolic OH excluding ortho intramolecular Hbond substituents is 1. The number of aliphatic hydroxyl groups excluding tert-OH is 1. The van der Waals surface area contributed by atoms with Crippen LogP contribution in [0.4, 0.5) is 5.69 Å². The number of carbonyl (C=O) groups is 1. The molecule has 0 bridgehead atoms. The van der Waals surface area contributed by atoms with Crippen LogP contribution in [0.25, 0.3) is 0 Å². The van der Waals surface area contributed by atoms with Crippen molar-refractivity contribution in [3.05, 3.63) is 52.0 Å². The number of aromatic hydroxyl groups is 1. The van der Waals surface area contributed by atoms with Crippen LogP contribution in [-0.2, 0) is 21.1 Å². The largest absolute Gasteiger partial charge is 0.508 e. The number of amides is 1. The third-order valence-electron chi connectivity index (χ3n) is 4.02. The Bertz CT molecular complexity index is 960. The molecule has 1 amide bonds. The van der Waals surface area contributed by atoms with Crippen molar-refractivity contribution in [2.45, 2.75) is 24.3 Å². The second kappa shape index (κ2) is 8.48. The predicted octanol–water partition coefficient (Wildman–Crippen LogP) is 3.28. The van der Waals surface area contributed by atoms with Crippen molar-refractivity contribution in [3.63, 3.8) is 0 Å². The number of rotatable bonds is 6. The number of sulfone groups is 1. The maximum Gasteiger partial charge on any atom is 0.230 e. The van der Waals surface area contributed by atoms with E-state index in [2.05, 4.69) is 5.32 Å². The molecule has 0 aromatic heterocycles. The van der Waals surface area contributed by atoms with Gasteiger partial charge in [-0.1, -0.05) is 29.3 Å². The molecule has 0 saturated heterocycles. The van der Waals surface area contributed by atoms with E-state index in [-0.39, 0.29) is 32.8 Å². The fourth-order valence-corrected chi connectivity index (χ4v) is 3.61. The fraction of sp³-hybridized carbons (Fsp3) is 0.278. The Balaban J connectivity index is 2.25. The van der Waals surface area contributed by atoms with E-state index in [1.807, 2.05) is 0 Å². The molecule has 146 valence electrons. The first-order valence-corrected chi connectivity index (χ1v) is 10.6. The summed E-state index contributed by atoms with van der Waals surface area (Å²) in [7, 11) is -3.40. The van der Waals surface area contributed by atoms with E-state index in [0.717, 1.165) is 6.26 Å². The molecule has 9 heteroatoms. The van der Waals surface area contributed by atoms with E-state index >= 15 is 0 Å². The summed E-state index contributed by atoms with van der Waals surface area (Å²) in [6, 6.07) is 8.35. The molecule has 0 saturated carbocycles. The zero-order chi connectivity index (χ0) is 20.4.